The average molecular weight is 376 g/mol. The molecule has 0 aliphatic carbocycles. The number of rotatable bonds is 5. The van der Waals surface area contributed by atoms with E-state index in [1.807, 2.05) is 30.5 Å². The Balaban J connectivity index is 1.45. The number of aryl methyl sites for hydroxylation is 2. The molecule has 2 aromatic carbocycles. The largest absolute Gasteiger partial charge is 0.464 e. The monoisotopic (exact) mass is 376 g/mol. The van der Waals surface area contributed by atoms with Gasteiger partial charge in [-0.3, -0.25) is 4.79 Å². The number of hydrogen-bond acceptors (Lipinski definition) is 4. The number of aromatic nitrogens is 1. The zero-order valence-corrected chi connectivity index (χ0v) is 16.1. The lowest BCUT2D eigenvalue weighted by Crippen LogP contribution is -2.13. The van der Waals surface area contributed by atoms with Crippen LogP contribution in [-0.2, 0) is 17.6 Å². The van der Waals surface area contributed by atoms with E-state index in [1.165, 1.54) is 16.9 Å². The van der Waals surface area contributed by atoms with Crippen molar-refractivity contribution >= 4 is 33.3 Å². The van der Waals surface area contributed by atoms with E-state index in [0.29, 0.717) is 5.13 Å². The van der Waals surface area contributed by atoms with E-state index in [1.54, 1.807) is 6.26 Å². The van der Waals surface area contributed by atoms with Crippen molar-refractivity contribution in [3.63, 3.8) is 0 Å². The van der Waals surface area contributed by atoms with Crippen LogP contribution in [0.2, 0.25) is 0 Å². The number of thiazole rings is 1. The van der Waals surface area contributed by atoms with E-state index >= 15 is 0 Å². The predicted molar refractivity (Wildman–Crippen MR) is 110 cm³/mol. The molecule has 136 valence electrons. The van der Waals surface area contributed by atoms with Crippen LogP contribution >= 0.6 is 11.3 Å². The van der Waals surface area contributed by atoms with Crippen LogP contribution in [0, 0.1) is 6.92 Å². The molecular formula is C22H20N2O2S. The minimum absolute atomic E-state index is 0.0968. The fraction of sp³-hybridized carbons (Fsp3) is 0.182. The third-order valence-corrected chi connectivity index (χ3v) is 5.33. The second-order valence-corrected chi connectivity index (χ2v) is 7.43. The molecule has 4 rings (SSSR count). The number of anilines is 1. The maximum absolute atomic E-state index is 12.4. The number of carbonyl (C=O) groups is 1. The van der Waals surface area contributed by atoms with Crippen molar-refractivity contribution in [3.05, 3.63) is 70.8 Å². The number of benzene rings is 2. The van der Waals surface area contributed by atoms with Crippen molar-refractivity contribution in [1.82, 2.24) is 4.98 Å². The SMILES string of the molecule is CCc1ccc(-c2csc(NC(=O)Cc3coc4cc(C)ccc34)n2)cc1. The van der Waals surface area contributed by atoms with Gasteiger partial charge in [0.05, 0.1) is 18.4 Å². The van der Waals surface area contributed by atoms with Crippen LogP contribution in [0.25, 0.3) is 22.2 Å². The lowest BCUT2D eigenvalue weighted by atomic mass is 10.1. The molecule has 5 heteroatoms. The Hall–Kier alpha value is -2.92. The predicted octanol–water partition coefficient (Wildman–Crippen LogP) is 5.61. The van der Waals surface area contributed by atoms with Gasteiger partial charge in [-0.15, -0.1) is 11.3 Å². The molecule has 4 nitrogen and oxygen atoms in total. The minimum atomic E-state index is -0.0968. The summed E-state index contributed by atoms with van der Waals surface area (Å²) in [6.07, 6.45) is 2.93. The Kier molecular flexibility index (Phi) is 4.77. The number of amides is 1. The molecule has 0 saturated carbocycles. The topological polar surface area (TPSA) is 55.1 Å². The van der Waals surface area contributed by atoms with Gasteiger partial charge in [-0.1, -0.05) is 43.3 Å². The minimum Gasteiger partial charge on any atom is -0.464 e. The lowest BCUT2D eigenvalue weighted by molar-refractivity contribution is -0.115. The summed E-state index contributed by atoms with van der Waals surface area (Å²) < 4.78 is 5.57. The average Bonchev–Trinajstić information content (AvgIpc) is 3.29. The molecule has 27 heavy (non-hydrogen) atoms. The molecule has 0 atom stereocenters. The van der Waals surface area contributed by atoms with Crippen molar-refractivity contribution in [2.75, 3.05) is 5.32 Å². The second-order valence-electron chi connectivity index (χ2n) is 6.57. The molecule has 1 amide bonds. The molecule has 0 spiro atoms. The van der Waals surface area contributed by atoms with Crippen molar-refractivity contribution in [2.24, 2.45) is 0 Å². The molecule has 0 saturated heterocycles. The van der Waals surface area contributed by atoms with Crippen LogP contribution in [0.4, 0.5) is 5.13 Å². The van der Waals surface area contributed by atoms with Gasteiger partial charge in [0.1, 0.15) is 5.58 Å². The van der Waals surface area contributed by atoms with Crippen LogP contribution in [0.3, 0.4) is 0 Å². The first-order valence-electron chi connectivity index (χ1n) is 8.94. The van der Waals surface area contributed by atoms with Crippen LogP contribution in [0.5, 0.6) is 0 Å². The molecule has 1 N–H and O–H groups in total. The standard InChI is InChI=1S/C22H20N2O2S/c1-3-15-5-7-16(8-6-15)19-13-27-22(23-19)24-21(25)11-17-12-26-20-10-14(2)4-9-18(17)20/h4-10,12-13H,3,11H2,1-2H3,(H,23,24,25). The van der Waals surface area contributed by atoms with Gasteiger partial charge in [-0.2, -0.15) is 0 Å². The summed E-state index contributed by atoms with van der Waals surface area (Å²) in [5.74, 6) is -0.0968. The maximum atomic E-state index is 12.4. The van der Waals surface area contributed by atoms with Gasteiger partial charge < -0.3 is 9.73 Å². The third-order valence-electron chi connectivity index (χ3n) is 4.57. The number of fused-ring (bicyclic) bond motifs is 1. The number of hydrogen-bond donors (Lipinski definition) is 1. The van der Waals surface area contributed by atoms with E-state index < -0.39 is 0 Å². The van der Waals surface area contributed by atoms with Gasteiger partial charge in [0.15, 0.2) is 5.13 Å². The van der Waals surface area contributed by atoms with Crippen LogP contribution in [0.15, 0.2) is 58.5 Å². The summed E-state index contributed by atoms with van der Waals surface area (Å²) in [6.45, 7) is 4.15. The Morgan fingerprint density at radius 3 is 2.78 bits per heavy atom. The van der Waals surface area contributed by atoms with Crippen molar-refractivity contribution in [1.29, 1.82) is 0 Å². The summed E-state index contributed by atoms with van der Waals surface area (Å²) in [4.78, 5) is 17.0. The number of nitrogens with zero attached hydrogens (tertiary/aromatic N) is 1. The van der Waals surface area contributed by atoms with Crippen LogP contribution in [0.1, 0.15) is 23.6 Å². The molecule has 0 fully saturated rings. The highest BCUT2D eigenvalue weighted by Crippen LogP contribution is 2.26. The quantitative estimate of drug-likeness (QED) is 0.493. The van der Waals surface area contributed by atoms with Crippen LogP contribution < -0.4 is 5.32 Å². The van der Waals surface area contributed by atoms with E-state index in [9.17, 15) is 4.79 Å². The first kappa shape index (κ1) is 17.5. The number of furan rings is 1. The molecular weight excluding hydrogens is 356 g/mol. The van der Waals surface area contributed by atoms with Gasteiger partial charge in [-0.25, -0.2) is 4.98 Å². The smallest absolute Gasteiger partial charge is 0.230 e. The zero-order valence-electron chi connectivity index (χ0n) is 15.3. The van der Waals surface area contributed by atoms with Gasteiger partial charge in [0, 0.05) is 21.9 Å². The molecule has 0 unspecified atom stereocenters. The zero-order chi connectivity index (χ0) is 18.8. The van der Waals surface area contributed by atoms with Crippen molar-refractivity contribution in [3.8, 4) is 11.3 Å². The van der Waals surface area contributed by atoms with Gasteiger partial charge in [-0.05, 0) is 30.5 Å². The highest BCUT2D eigenvalue weighted by molar-refractivity contribution is 7.14. The highest BCUT2D eigenvalue weighted by Gasteiger charge is 2.13. The van der Waals surface area contributed by atoms with E-state index in [0.717, 1.165) is 39.8 Å². The summed E-state index contributed by atoms with van der Waals surface area (Å²) in [7, 11) is 0. The Morgan fingerprint density at radius 1 is 1.19 bits per heavy atom. The van der Waals surface area contributed by atoms with Gasteiger partial charge in [0.25, 0.3) is 0 Å². The second kappa shape index (κ2) is 7.37. The maximum Gasteiger partial charge on any atom is 0.230 e. The fourth-order valence-corrected chi connectivity index (χ4v) is 3.77. The Bertz CT molecular complexity index is 1090. The van der Waals surface area contributed by atoms with E-state index in [-0.39, 0.29) is 12.3 Å². The van der Waals surface area contributed by atoms with E-state index in [4.69, 9.17) is 4.42 Å². The summed E-state index contributed by atoms with van der Waals surface area (Å²) >= 11 is 1.43. The lowest BCUT2D eigenvalue weighted by Gasteiger charge is -2.01. The fourth-order valence-electron chi connectivity index (χ4n) is 3.04. The summed E-state index contributed by atoms with van der Waals surface area (Å²) in [6, 6.07) is 14.4. The van der Waals surface area contributed by atoms with Crippen molar-refractivity contribution < 1.29 is 9.21 Å². The normalized spacial score (nSPS) is 11.0. The molecule has 0 aliphatic rings. The molecule has 2 heterocycles. The first-order valence-corrected chi connectivity index (χ1v) is 9.82. The first-order chi connectivity index (χ1) is 13.1. The molecule has 4 aromatic rings. The summed E-state index contributed by atoms with van der Waals surface area (Å²) in [5.41, 5.74) is 6.06. The van der Waals surface area contributed by atoms with Crippen molar-refractivity contribution in [2.45, 2.75) is 26.7 Å². The summed E-state index contributed by atoms with van der Waals surface area (Å²) in [5, 5.41) is 6.45. The van der Waals surface area contributed by atoms with E-state index in [2.05, 4.69) is 41.5 Å². The molecule has 0 aliphatic heterocycles. The molecule has 0 radical (unpaired) electrons. The molecule has 0 bridgehead atoms. The molecule has 2 aromatic heterocycles. The highest BCUT2D eigenvalue weighted by atomic mass is 32.1. The Morgan fingerprint density at radius 2 is 2.00 bits per heavy atom. The number of carbonyl (C=O) groups excluding carboxylic acids is 1. The Labute approximate surface area is 161 Å². The van der Waals surface area contributed by atoms with Gasteiger partial charge in [0.2, 0.25) is 5.91 Å². The van der Waals surface area contributed by atoms with Gasteiger partial charge >= 0.3 is 0 Å². The number of nitrogens with one attached hydrogen (secondary N) is 1. The van der Waals surface area contributed by atoms with Crippen LogP contribution in [-0.4, -0.2) is 10.9 Å². The third kappa shape index (κ3) is 3.78.